The lowest BCUT2D eigenvalue weighted by atomic mass is 10.1. The second kappa shape index (κ2) is 7.79. The fourth-order valence-corrected chi connectivity index (χ4v) is 5.19. The third-order valence-corrected chi connectivity index (χ3v) is 7.08. The number of hydrogen-bond acceptors (Lipinski definition) is 6. The van der Waals surface area contributed by atoms with Crippen LogP contribution in [0.4, 0.5) is 11.4 Å². The van der Waals surface area contributed by atoms with Gasteiger partial charge in [0.25, 0.3) is 5.91 Å². The molecule has 0 bridgehead atoms. The average Bonchev–Trinajstić information content (AvgIpc) is 3.21. The third-order valence-electron chi connectivity index (χ3n) is 5.38. The largest absolute Gasteiger partial charge is 0.404 e. The van der Waals surface area contributed by atoms with Crippen LogP contribution in [-0.4, -0.2) is 37.1 Å². The van der Waals surface area contributed by atoms with Gasteiger partial charge >= 0.3 is 16.2 Å². The number of anilines is 2. The van der Waals surface area contributed by atoms with E-state index in [1.165, 1.54) is 36.1 Å². The summed E-state index contributed by atoms with van der Waals surface area (Å²) in [5.74, 6) is -1.13. The molecule has 32 heavy (non-hydrogen) atoms. The van der Waals surface area contributed by atoms with E-state index in [2.05, 4.69) is 5.10 Å². The standard InChI is InChI=1S/C22H22N4O5S/c1-5-25-19(11-12-23-25)31-22(28)16-9-10-18-17(13-16)21(27)26(32(29,30)24(18)4)20-14(2)7-6-8-15(20)3/h6-13H,5H2,1-4H3. The first-order chi connectivity index (χ1) is 15.2. The number of hydrogen-bond donors (Lipinski definition) is 0. The lowest BCUT2D eigenvalue weighted by Gasteiger charge is -2.36. The third kappa shape index (κ3) is 3.32. The highest BCUT2D eigenvalue weighted by Gasteiger charge is 2.42. The molecule has 2 aromatic carbocycles. The smallest absolute Gasteiger partial charge is 0.344 e. The number of fused-ring (bicyclic) bond motifs is 1. The van der Waals surface area contributed by atoms with E-state index in [1.54, 1.807) is 38.1 Å². The Kier molecular flexibility index (Phi) is 5.25. The van der Waals surface area contributed by atoms with Gasteiger partial charge in [-0.15, -0.1) is 0 Å². The van der Waals surface area contributed by atoms with Gasteiger partial charge in [-0.25, -0.2) is 9.48 Å². The number of benzene rings is 2. The molecule has 0 fully saturated rings. The van der Waals surface area contributed by atoms with Gasteiger partial charge in [0.15, 0.2) is 0 Å². The van der Waals surface area contributed by atoms with Gasteiger partial charge in [0.05, 0.1) is 28.7 Å². The van der Waals surface area contributed by atoms with Crippen molar-refractivity contribution in [2.75, 3.05) is 15.7 Å². The van der Waals surface area contributed by atoms with Gasteiger partial charge in [-0.1, -0.05) is 18.2 Å². The molecule has 166 valence electrons. The number of amides is 1. The molecule has 3 aromatic rings. The number of para-hydroxylation sites is 1. The highest BCUT2D eigenvalue weighted by atomic mass is 32.2. The Morgan fingerprint density at radius 1 is 1.09 bits per heavy atom. The van der Waals surface area contributed by atoms with Crippen LogP contribution in [-0.2, 0) is 16.8 Å². The van der Waals surface area contributed by atoms with Crippen molar-refractivity contribution in [2.24, 2.45) is 0 Å². The predicted molar refractivity (Wildman–Crippen MR) is 119 cm³/mol. The van der Waals surface area contributed by atoms with Crippen molar-refractivity contribution in [3.63, 3.8) is 0 Å². The summed E-state index contributed by atoms with van der Waals surface area (Å²) < 4.78 is 35.2. The molecule has 0 spiro atoms. The van der Waals surface area contributed by atoms with Crippen LogP contribution in [0.2, 0.25) is 0 Å². The van der Waals surface area contributed by atoms with E-state index in [1.807, 2.05) is 6.92 Å². The number of nitrogens with zero attached hydrogens (tertiary/aromatic N) is 4. The maximum absolute atomic E-state index is 13.4. The van der Waals surface area contributed by atoms with Crippen molar-refractivity contribution in [3.05, 3.63) is 70.9 Å². The molecule has 1 aliphatic heterocycles. The predicted octanol–water partition coefficient (Wildman–Crippen LogP) is 3.08. The Balaban J connectivity index is 1.79. The molecule has 9 nitrogen and oxygen atoms in total. The van der Waals surface area contributed by atoms with Gasteiger partial charge < -0.3 is 4.74 Å². The maximum Gasteiger partial charge on any atom is 0.344 e. The average molecular weight is 455 g/mol. The lowest BCUT2D eigenvalue weighted by Crippen LogP contribution is -2.50. The van der Waals surface area contributed by atoms with Crippen molar-refractivity contribution < 1.29 is 22.7 Å². The molecule has 1 amide bonds. The summed E-state index contributed by atoms with van der Waals surface area (Å²) in [7, 11) is -2.78. The van der Waals surface area contributed by atoms with Crippen LogP contribution >= 0.6 is 0 Å². The molecule has 0 N–H and O–H groups in total. The summed E-state index contributed by atoms with van der Waals surface area (Å²) in [5, 5.41) is 4.05. The van der Waals surface area contributed by atoms with E-state index in [-0.39, 0.29) is 22.7 Å². The van der Waals surface area contributed by atoms with Gasteiger partial charge in [-0.3, -0.25) is 9.10 Å². The summed E-state index contributed by atoms with van der Waals surface area (Å²) >= 11 is 0. The Hall–Kier alpha value is -3.66. The van der Waals surface area contributed by atoms with Gasteiger partial charge in [-0.2, -0.15) is 17.8 Å². The molecule has 0 saturated carbocycles. The van der Waals surface area contributed by atoms with Crippen LogP contribution in [0.25, 0.3) is 0 Å². The van der Waals surface area contributed by atoms with E-state index in [0.717, 1.165) is 8.61 Å². The molecule has 4 rings (SSSR count). The molecular formula is C22H22N4O5S. The van der Waals surface area contributed by atoms with Crippen molar-refractivity contribution in [3.8, 4) is 5.88 Å². The first-order valence-corrected chi connectivity index (χ1v) is 11.3. The Bertz CT molecular complexity index is 1330. The zero-order valence-electron chi connectivity index (χ0n) is 18.1. The van der Waals surface area contributed by atoms with Crippen molar-refractivity contribution in [1.29, 1.82) is 0 Å². The molecule has 0 radical (unpaired) electrons. The molecule has 0 aliphatic carbocycles. The van der Waals surface area contributed by atoms with Crippen LogP contribution in [0.1, 0.15) is 38.8 Å². The molecule has 1 aromatic heterocycles. The Morgan fingerprint density at radius 3 is 2.44 bits per heavy atom. The summed E-state index contributed by atoms with van der Waals surface area (Å²) in [4.78, 5) is 26.2. The molecule has 2 heterocycles. The molecule has 10 heteroatoms. The minimum atomic E-state index is -4.16. The molecular weight excluding hydrogens is 432 g/mol. The normalized spacial score (nSPS) is 14.9. The van der Waals surface area contributed by atoms with Gasteiger partial charge in [0, 0.05) is 19.7 Å². The first-order valence-electron chi connectivity index (χ1n) is 9.94. The Morgan fingerprint density at radius 2 is 1.78 bits per heavy atom. The van der Waals surface area contributed by atoms with Crippen LogP contribution in [0.15, 0.2) is 48.7 Å². The van der Waals surface area contributed by atoms with E-state index >= 15 is 0 Å². The summed E-state index contributed by atoms with van der Waals surface area (Å²) in [6.45, 7) is 5.86. The number of rotatable bonds is 4. The quantitative estimate of drug-likeness (QED) is 0.562. The summed E-state index contributed by atoms with van der Waals surface area (Å²) in [6.07, 6.45) is 1.52. The van der Waals surface area contributed by atoms with Gasteiger partial charge in [0.1, 0.15) is 0 Å². The minimum Gasteiger partial charge on any atom is -0.404 e. The van der Waals surface area contributed by atoms with Crippen LogP contribution < -0.4 is 13.3 Å². The van der Waals surface area contributed by atoms with Gasteiger partial charge in [0.2, 0.25) is 5.88 Å². The van der Waals surface area contributed by atoms with E-state index < -0.39 is 22.1 Å². The monoisotopic (exact) mass is 454 g/mol. The number of ether oxygens (including phenoxy) is 1. The van der Waals surface area contributed by atoms with Crippen LogP contribution in [0.5, 0.6) is 5.88 Å². The first kappa shape index (κ1) is 21.6. The Labute approximate surface area is 186 Å². The second-order valence-corrected chi connectivity index (χ2v) is 9.20. The SMILES string of the molecule is CCn1nccc1OC(=O)c1ccc2c(c1)C(=O)N(c1c(C)cccc1C)S(=O)(=O)N2C. The van der Waals surface area contributed by atoms with Crippen LogP contribution in [0, 0.1) is 13.8 Å². The summed E-state index contributed by atoms with van der Waals surface area (Å²) in [6, 6.07) is 11.1. The van der Waals surface area contributed by atoms with Crippen LogP contribution in [0.3, 0.4) is 0 Å². The molecule has 0 atom stereocenters. The topological polar surface area (TPSA) is 102 Å². The fraction of sp³-hybridized carbons (Fsp3) is 0.227. The van der Waals surface area contributed by atoms with Crippen molar-refractivity contribution in [2.45, 2.75) is 27.3 Å². The van der Waals surface area contributed by atoms with Crippen molar-refractivity contribution >= 4 is 33.5 Å². The van der Waals surface area contributed by atoms with E-state index in [4.69, 9.17) is 4.74 Å². The number of esters is 1. The molecule has 1 aliphatic rings. The van der Waals surface area contributed by atoms with E-state index in [9.17, 15) is 18.0 Å². The van der Waals surface area contributed by atoms with E-state index in [0.29, 0.717) is 23.4 Å². The zero-order chi connectivity index (χ0) is 23.2. The zero-order valence-corrected chi connectivity index (χ0v) is 18.9. The highest BCUT2D eigenvalue weighted by Crippen LogP contribution is 2.37. The number of carbonyl (C=O) groups is 2. The molecule has 0 unspecified atom stereocenters. The minimum absolute atomic E-state index is 0.0865. The fourth-order valence-electron chi connectivity index (χ4n) is 3.71. The highest BCUT2D eigenvalue weighted by molar-refractivity contribution is 7.95. The number of aryl methyl sites for hydroxylation is 3. The number of aromatic nitrogens is 2. The van der Waals surface area contributed by atoms with Gasteiger partial charge in [-0.05, 0) is 50.1 Å². The molecule has 0 saturated heterocycles. The lowest BCUT2D eigenvalue weighted by molar-refractivity contribution is 0.0718. The summed E-state index contributed by atoms with van der Waals surface area (Å²) in [5.41, 5.74) is 1.98. The number of carbonyl (C=O) groups excluding carboxylic acids is 2. The van der Waals surface area contributed by atoms with Crippen molar-refractivity contribution in [1.82, 2.24) is 9.78 Å². The second-order valence-electron chi connectivity index (χ2n) is 7.39. The maximum atomic E-state index is 13.4.